The lowest BCUT2D eigenvalue weighted by atomic mass is 10.1. The number of amides is 1. The molecule has 1 aromatic rings. The molecule has 1 amide bonds. The van der Waals surface area contributed by atoms with Crippen LogP contribution >= 0.6 is 11.3 Å². The molecule has 17 heavy (non-hydrogen) atoms. The standard InChI is InChI=1S/C12H18N2O2S/c13-4-3-10-9-16-6-5-14(10)12(15)8-11-2-1-7-17-11/h1-2,7,10H,3-6,8-9,13H2. The fraction of sp³-hybridized carbons (Fsp3) is 0.583. The summed E-state index contributed by atoms with van der Waals surface area (Å²) in [7, 11) is 0. The van der Waals surface area contributed by atoms with Crippen molar-refractivity contribution >= 4 is 17.2 Å². The van der Waals surface area contributed by atoms with E-state index < -0.39 is 0 Å². The predicted octanol–water partition coefficient (Wildman–Crippen LogP) is 0.867. The van der Waals surface area contributed by atoms with Gasteiger partial charge in [-0.05, 0) is 24.4 Å². The SMILES string of the molecule is NCCC1COCCN1C(=O)Cc1cccs1. The Labute approximate surface area is 105 Å². The van der Waals surface area contributed by atoms with Crippen LogP contribution in [0.1, 0.15) is 11.3 Å². The highest BCUT2D eigenvalue weighted by molar-refractivity contribution is 7.10. The molecule has 1 aliphatic rings. The minimum absolute atomic E-state index is 0.154. The molecular formula is C12H18N2O2S. The Hall–Kier alpha value is -0.910. The van der Waals surface area contributed by atoms with Crippen LogP contribution in [0.4, 0.5) is 0 Å². The van der Waals surface area contributed by atoms with E-state index in [1.54, 1.807) is 11.3 Å². The number of morpholine rings is 1. The summed E-state index contributed by atoms with van der Waals surface area (Å²) >= 11 is 1.63. The number of carbonyl (C=O) groups excluding carboxylic acids is 1. The summed E-state index contributed by atoms with van der Waals surface area (Å²) < 4.78 is 5.40. The second-order valence-electron chi connectivity index (χ2n) is 4.15. The van der Waals surface area contributed by atoms with Crippen LogP contribution in [0.2, 0.25) is 0 Å². The molecule has 2 heterocycles. The van der Waals surface area contributed by atoms with Crippen LogP contribution in [-0.4, -0.2) is 43.2 Å². The lowest BCUT2D eigenvalue weighted by Gasteiger charge is -2.35. The Bertz CT molecular complexity index is 351. The van der Waals surface area contributed by atoms with Crippen molar-refractivity contribution < 1.29 is 9.53 Å². The maximum absolute atomic E-state index is 12.2. The molecule has 1 atom stereocenters. The van der Waals surface area contributed by atoms with Crippen LogP contribution < -0.4 is 5.73 Å². The van der Waals surface area contributed by atoms with Gasteiger partial charge in [0, 0.05) is 11.4 Å². The average molecular weight is 254 g/mol. The van der Waals surface area contributed by atoms with Gasteiger partial charge in [0.25, 0.3) is 0 Å². The molecular weight excluding hydrogens is 236 g/mol. The van der Waals surface area contributed by atoms with Crippen LogP contribution in [-0.2, 0) is 16.0 Å². The van der Waals surface area contributed by atoms with Crippen molar-refractivity contribution in [2.45, 2.75) is 18.9 Å². The molecule has 2 rings (SSSR count). The molecule has 1 aromatic heterocycles. The van der Waals surface area contributed by atoms with Gasteiger partial charge in [0.15, 0.2) is 0 Å². The van der Waals surface area contributed by atoms with Gasteiger partial charge in [-0.3, -0.25) is 4.79 Å². The Kier molecular flexibility index (Phi) is 4.53. The number of nitrogens with zero attached hydrogens (tertiary/aromatic N) is 1. The van der Waals surface area contributed by atoms with Gasteiger partial charge in [0.1, 0.15) is 0 Å². The van der Waals surface area contributed by atoms with Crippen molar-refractivity contribution in [1.29, 1.82) is 0 Å². The maximum atomic E-state index is 12.2. The van der Waals surface area contributed by atoms with Crippen molar-refractivity contribution in [1.82, 2.24) is 4.90 Å². The number of rotatable bonds is 4. The Morgan fingerprint density at radius 2 is 2.53 bits per heavy atom. The van der Waals surface area contributed by atoms with E-state index in [0.717, 1.165) is 11.3 Å². The quantitative estimate of drug-likeness (QED) is 0.867. The van der Waals surface area contributed by atoms with Crippen LogP contribution in [0.25, 0.3) is 0 Å². The molecule has 0 aromatic carbocycles. The molecule has 0 bridgehead atoms. The van der Waals surface area contributed by atoms with E-state index in [9.17, 15) is 4.79 Å². The highest BCUT2D eigenvalue weighted by Crippen LogP contribution is 2.15. The second kappa shape index (κ2) is 6.14. The molecule has 1 aliphatic heterocycles. The van der Waals surface area contributed by atoms with Crippen molar-refractivity contribution in [3.8, 4) is 0 Å². The van der Waals surface area contributed by atoms with Crippen LogP contribution in [0.3, 0.4) is 0 Å². The van der Waals surface area contributed by atoms with Crippen molar-refractivity contribution in [3.63, 3.8) is 0 Å². The van der Waals surface area contributed by atoms with Gasteiger partial charge in [0.05, 0.1) is 25.7 Å². The van der Waals surface area contributed by atoms with Crippen LogP contribution in [0, 0.1) is 0 Å². The maximum Gasteiger partial charge on any atom is 0.228 e. The van der Waals surface area contributed by atoms with Gasteiger partial charge in [-0.1, -0.05) is 6.07 Å². The molecule has 0 aliphatic carbocycles. The molecule has 1 unspecified atom stereocenters. The minimum Gasteiger partial charge on any atom is -0.377 e. The third-order valence-corrected chi connectivity index (χ3v) is 3.83. The molecule has 5 heteroatoms. The molecule has 0 spiro atoms. The van der Waals surface area contributed by atoms with E-state index in [4.69, 9.17) is 10.5 Å². The van der Waals surface area contributed by atoms with E-state index in [1.165, 1.54) is 0 Å². The Morgan fingerprint density at radius 1 is 1.65 bits per heavy atom. The Morgan fingerprint density at radius 3 is 3.24 bits per heavy atom. The van der Waals surface area contributed by atoms with Gasteiger partial charge in [-0.15, -0.1) is 11.3 Å². The lowest BCUT2D eigenvalue weighted by Crippen LogP contribution is -2.49. The van der Waals surface area contributed by atoms with Crippen molar-refractivity contribution in [3.05, 3.63) is 22.4 Å². The average Bonchev–Trinajstić information content (AvgIpc) is 2.83. The third-order valence-electron chi connectivity index (χ3n) is 2.95. The summed E-state index contributed by atoms with van der Waals surface area (Å²) in [5.41, 5.74) is 5.57. The molecule has 2 N–H and O–H groups in total. The van der Waals surface area contributed by atoms with E-state index in [1.807, 2.05) is 22.4 Å². The summed E-state index contributed by atoms with van der Waals surface area (Å²) in [5.74, 6) is 0.189. The first-order valence-corrected chi connectivity index (χ1v) is 6.79. The fourth-order valence-corrected chi connectivity index (χ4v) is 2.77. The molecule has 0 saturated carbocycles. The zero-order chi connectivity index (χ0) is 12.1. The summed E-state index contributed by atoms with van der Waals surface area (Å²) in [4.78, 5) is 15.2. The number of hydrogen-bond donors (Lipinski definition) is 1. The summed E-state index contributed by atoms with van der Waals surface area (Å²) in [6.45, 7) is 2.54. The first-order valence-electron chi connectivity index (χ1n) is 5.91. The van der Waals surface area contributed by atoms with Gasteiger partial charge in [-0.25, -0.2) is 0 Å². The highest BCUT2D eigenvalue weighted by Gasteiger charge is 2.26. The van der Waals surface area contributed by atoms with E-state index in [2.05, 4.69) is 0 Å². The molecule has 94 valence electrons. The second-order valence-corrected chi connectivity index (χ2v) is 5.18. The lowest BCUT2D eigenvalue weighted by molar-refractivity contribution is -0.139. The number of thiophene rings is 1. The molecule has 1 fully saturated rings. The molecule has 4 nitrogen and oxygen atoms in total. The first kappa shape index (κ1) is 12.5. The third kappa shape index (κ3) is 3.28. The largest absolute Gasteiger partial charge is 0.377 e. The zero-order valence-electron chi connectivity index (χ0n) is 9.80. The van der Waals surface area contributed by atoms with Crippen LogP contribution in [0.15, 0.2) is 17.5 Å². The fourth-order valence-electron chi connectivity index (χ4n) is 2.08. The zero-order valence-corrected chi connectivity index (χ0v) is 10.6. The van der Waals surface area contributed by atoms with Crippen molar-refractivity contribution in [2.75, 3.05) is 26.3 Å². The summed E-state index contributed by atoms with van der Waals surface area (Å²) in [6, 6.07) is 4.13. The monoisotopic (exact) mass is 254 g/mol. The summed E-state index contributed by atoms with van der Waals surface area (Å²) in [5, 5.41) is 2.00. The normalized spacial score (nSPS) is 20.5. The number of ether oxygens (including phenoxy) is 1. The van der Waals surface area contributed by atoms with Crippen LogP contribution in [0.5, 0.6) is 0 Å². The molecule has 0 radical (unpaired) electrons. The van der Waals surface area contributed by atoms with Gasteiger partial charge >= 0.3 is 0 Å². The van der Waals surface area contributed by atoms with Gasteiger partial charge in [0.2, 0.25) is 5.91 Å². The molecule has 1 saturated heterocycles. The summed E-state index contributed by atoms with van der Waals surface area (Å²) in [6.07, 6.45) is 1.31. The smallest absolute Gasteiger partial charge is 0.228 e. The number of nitrogens with two attached hydrogens (primary N) is 1. The Balaban J connectivity index is 1.96. The van der Waals surface area contributed by atoms with E-state index in [0.29, 0.717) is 32.7 Å². The predicted molar refractivity (Wildman–Crippen MR) is 68.0 cm³/mol. The minimum atomic E-state index is 0.154. The number of hydrogen-bond acceptors (Lipinski definition) is 4. The van der Waals surface area contributed by atoms with Gasteiger partial charge < -0.3 is 15.4 Å². The highest BCUT2D eigenvalue weighted by atomic mass is 32.1. The van der Waals surface area contributed by atoms with Gasteiger partial charge in [-0.2, -0.15) is 0 Å². The van der Waals surface area contributed by atoms with E-state index >= 15 is 0 Å². The topological polar surface area (TPSA) is 55.6 Å². The number of carbonyl (C=O) groups is 1. The van der Waals surface area contributed by atoms with E-state index in [-0.39, 0.29) is 11.9 Å². The van der Waals surface area contributed by atoms with Crippen molar-refractivity contribution in [2.24, 2.45) is 5.73 Å². The first-order chi connectivity index (χ1) is 8.31.